The van der Waals surface area contributed by atoms with Crippen LogP contribution in [0, 0.1) is 0 Å². The lowest BCUT2D eigenvalue weighted by Crippen LogP contribution is -1.98. The molecule has 0 aliphatic heterocycles. The van der Waals surface area contributed by atoms with E-state index in [1.807, 2.05) is 0 Å². The zero-order valence-electron chi connectivity index (χ0n) is 13.3. The highest BCUT2D eigenvalue weighted by Crippen LogP contribution is 2.29. The van der Waals surface area contributed by atoms with E-state index < -0.39 is 0 Å². The molecule has 1 nitrogen and oxygen atoms in total. The van der Waals surface area contributed by atoms with Crippen LogP contribution in [-0.2, 0) is 13.0 Å². The van der Waals surface area contributed by atoms with Gasteiger partial charge in [-0.1, -0.05) is 66.7 Å². The molecule has 0 radical (unpaired) electrons. The number of hydrogen-bond acceptors (Lipinski definition) is 0. The maximum absolute atomic E-state index is 2.48. The predicted molar refractivity (Wildman–Crippen MR) is 98.8 cm³/mol. The van der Waals surface area contributed by atoms with Crippen LogP contribution in [0.25, 0.3) is 21.8 Å². The van der Waals surface area contributed by atoms with Crippen molar-refractivity contribution in [3.05, 3.63) is 84.4 Å². The van der Waals surface area contributed by atoms with Gasteiger partial charge in [-0.05, 0) is 37.0 Å². The van der Waals surface area contributed by atoms with E-state index >= 15 is 0 Å². The fraction of sp³-hybridized carbons (Fsp3) is 0.182. The molecule has 0 spiro atoms. The third-order valence-corrected chi connectivity index (χ3v) is 4.62. The third-order valence-electron chi connectivity index (χ3n) is 4.62. The van der Waals surface area contributed by atoms with Crippen LogP contribution < -0.4 is 0 Å². The molecule has 0 aliphatic rings. The predicted octanol–water partition coefficient (Wildman–Crippen LogP) is 5.82. The molecule has 23 heavy (non-hydrogen) atoms. The maximum atomic E-state index is 2.48. The van der Waals surface area contributed by atoms with E-state index in [4.69, 9.17) is 0 Å². The van der Waals surface area contributed by atoms with Gasteiger partial charge in [-0.15, -0.1) is 0 Å². The van der Waals surface area contributed by atoms with Crippen molar-refractivity contribution in [3.8, 4) is 0 Å². The third kappa shape index (κ3) is 2.75. The lowest BCUT2D eigenvalue weighted by atomic mass is 10.1. The van der Waals surface area contributed by atoms with Gasteiger partial charge in [0.05, 0.1) is 0 Å². The van der Waals surface area contributed by atoms with Crippen molar-refractivity contribution >= 4 is 21.8 Å². The lowest BCUT2D eigenvalue weighted by molar-refractivity contribution is 0.636. The number of hydrogen-bond donors (Lipinski definition) is 0. The van der Waals surface area contributed by atoms with Gasteiger partial charge >= 0.3 is 0 Å². The van der Waals surface area contributed by atoms with Gasteiger partial charge in [0.25, 0.3) is 0 Å². The Morgan fingerprint density at radius 1 is 0.565 bits per heavy atom. The minimum absolute atomic E-state index is 1.08. The molecule has 0 N–H and O–H groups in total. The van der Waals surface area contributed by atoms with Crippen molar-refractivity contribution in [2.45, 2.75) is 25.8 Å². The Bertz CT molecular complexity index is 865. The van der Waals surface area contributed by atoms with Crippen molar-refractivity contribution in [1.29, 1.82) is 0 Å². The standard InChI is InChI=1S/C22H21N/c1-2-10-18(11-3-1)12-8-9-17-23-21-15-6-4-13-19(21)20-14-5-7-16-22(20)23/h1-7,10-11,13-16H,8-9,12,17H2. The molecule has 0 aliphatic carbocycles. The molecule has 4 aromatic rings. The summed E-state index contributed by atoms with van der Waals surface area (Å²) in [6, 6.07) is 28.3. The van der Waals surface area contributed by atoms with E-state index in [9.17, 15) is 0 Å². The van der Waals surface area contributed by atoms with Crippen LogP contribution in [0.15, 0.2) is 78.9 Å². The summed E-state index contributed by atoms with van der Waals surface area (Å²) < 4.78 is 2.48. The Balaban J connectivity index is 1.56. The van der Waals surface area contributed by atoms with Crippen molar-refractivity contribution < 1.29 is 0 Å². The molecular weight excluding hydrogens is 278 g/mol. The first-order valence-corrected chi connectivity index (χ1v) is 8.43. The quantitative estimate of drug-likeness (QED) is 0.409. The molecule has 3 aromatic carbocycles. The Kier molecular flexibility index (Phi) is 3.85. The van der Waals surface area contributed by atoms with Gasteiger partial charge in [-0.3, -0.25) is 0 Å². The number of nitrogens with zero attached hydrogens (tertiary/aromatic N) is 1. The number of aryl methyl sites for hydroxylation is 2. The highest BCUT2D eigenvalue weighted by atomic mass is 15.0. The van der Waals surface area contributed by atoms with Crippen LogP contribution in [0.5, 0.6) is 0 Å². The van der Waals surface area contributed by atoms with Gasteiger partial charge in [-0.2, -0.15) is 0 Å². The van der Waals surface area contributed by atoms with Crippen LogP contribution in [0.3, 0.4) is 0 Å². The molecule has 4 rings (SSSR count). The number of rotatable bonds is 5. The summed E-state index contributed by atoms with van der Waals surface area (Å²) in [5.41, 5.74) is 4.15. The maximum Gasteiger partial charge on any atom is 0.0491 e. The lowest BCUT2D eigenvalue weighted by Gasteiger charge is -2.07. The summed E-state index contributed by atoms with van der Waals surface area (Å²) in [6.07, 6.45) is 3.60. The fourth-order valence-corrected chi connectivity index (χ4v) is 3.49. The molecular formula is C22H21N. The number of benzene rings is 3. The number of fused-ring (bicyclic) bond motifs is 3. The van der Waals surface area contributed by atoms with Gasteiger partial charge in [0.15, 0.2) is 0 Å². The van der Waals surface area contributed by atoms with E-state index in [1.54, 1.807) is 0 Å². The van der Waals surface area contributed by atoms with Crippen molar-refractivity contribution in [2.75, 3.05) is 0 Å². The Labute approximate surface area is 137 Å². The van der Waals surface area contributed by atoms with E-state index in [-0.39, 0.29) is 0 Å². The molecule has 0 amide bonds. The molecule has 0 bridgehead atoms. The molecule has 0 atom stereocenters. The number of para-hydroxylation sites is 2. The minimum Gasteiger partial charge on any atom is -0.340 e. The zero-order valence-corrected chi connectivity index (χ0v) is 13.3. The van der Waals surface area contributed by atoms with Crippen molar-refractivity contribution in [1.82, 2.24) is 4.57 Å². The average Bonchev–Trinajstić information content (AvgIpc) is 2.94. The van der Waals surface area contributed by atoms with Gasteiger partial charge < -0.3 is 4.57 Å². The Morgan fingerprint density at radius 2 is 1.13 bits per heavy atom. The largest absolute Gasteiger partial charge is 0.340 e. The molecule has 1 heteroatoms. The molecule has 1 heterocycles. The average molecular weight is 299 g/mol. The molecule has 114 valence electrons. The van der Waals surface area contributed by atoms with Gasteiger partial charge in [-0.25, -0.2) is 0 Å². The minimum atomic E-state index is 1.08. The SMILES string of the molecule is c1ccc(CCCCn2c3ccccc3c3ccccc32)cc1. The second kappa shape index (κ2) is 6.29. The summed E-state index contributed by atoms with van der Waals surface area (Å²) in [5.74, 6) is 0. The van der Waals surface area contributed by atoms with Crippen LogP contribution in [0.4, 0.5) is 0 Å². The van der Waals surface area contributed by atoms with E-state index in [2.05, 4.69) is 83.4 Å². The second-order valence-electron chi connectivity index (χ2n) is 6.13. The first-order chi connectivity index (χ1) is 11.4. The van der Waals surface area contributed by atoms with Crippen LogP contribution in [-0.4, -0.2) is 4.57 Å². The summed E-state index contributed by atoms with van der Waals surface area (Å²) in [5, 5.41) is 2.73. The normalized spacial score (nSPS) is 11.3. The van der Waals surface area contributed by atoms with Crippen LogP contribution >= 0.6 is 0 Å². The number of unbranched alkanes of at least 4 members (excludes halogenated alkanes) is 1. The second-order valence-corrected chi connectivity index (χ2v) is 6.13. The molecule has 0 unspecified atom stereocenters. The van der Waals surface area contributed by atoms with E-state index in [0.29, 0.717) is 0 Å². The first kappa shape index (κ1) is 14.1. The zero-order chi connectivity index (χ0) is 15.5. The van der Waals surface area contributed by atoms with Gasteiger partial charge in [0.2, 0.25) is 0 Å². The fourth-order valence-electron chi connectivity index (χ4n) is 3.49. The van der Waals surface area contributed by atoms with Crippen LogP contribution in [0.2, 0.25) is 0 Å². The Morgan fingerprint density at radius 3 is 1.78 bits per heavy atom. The smallest absolute Gasteiger partial charge is 0.0491 e. The highest BCUT2D eigenvalue weighted by Gasteiger charge is 2.08. The monoisotopic (exact) mass is 299 g/mol. The highest BCUT2D eigenvalue weighted by molar-refractivity contribution is 6.07. The summed E-state index contributed by atoms with van der Waals surface area (Å²) in [4.78, 5) is 0. The van der Waals surface area contributed by atoms with Crippen LogP contribution in [0.1, 0.15) is 18.4 Å². The van der Waals surface area contributed by atoms with E-state index in [0.717, 1.165) is 13.0 Å². The van der Waals surface area contributed by atoms with Crippen molar-refractivity contribution in [2.24, 2.45) is 0 Å². The first-order valence-electron chi connectivity index (χ1n) is 8.43. The molecule has 0 saturated heterocycles. The molecule has 0 fully saturated rings. The van der Waals surface area contributed by atoms with Crippen molar-refractivity contribution in [3.63, 3.8) is 0 Å². The Hall–Kier alpha value is -2.54. The summed E-state index contributed by atoms with van der Waals surface area (Å²) in [6.45, 7) is 1.08. The summed E-state index contributed by atoms with van der Waals surface area (Å²) in [7, 11) is 0. The molecule has 1 aromatic heterocycles. The topological polar surface area (TPSA) is 4.93 Å². The van der Waals surface area contributed by atoms with Gasteiger partial charge in [0.1, 0.15) is 0 Å². The molecule has 0 saturated carbocycles. The van der Waals surface area contributed by atoms with E-state index in [1.165, 1.54) is 40.2 Å². The van der Waals surface area contributed by atoms with Gasteiger partial charge in [0, 0.05) is 28.4 Å². The summed E-state index contributed by atoms with van der Waals surface area (Å²) >= 11 is 0. The number of aromatic nitrogens is 1.